The third-order valence-corrected chi connectivity index (χ3v) is 1.70. The van der Waals surface area contributed by atoms with Crippen LogP contribution in [-0.4, -0.2) is 22.6 Å². The molecule has 3 N–H and O–H groups in total. The highest BCUT2D eigenvalue weighted by molar-refractivity contribution is 5.92. The van der Waals surface area contributed by atoms with Gasteiger partial charge in [0.25, 0.3) is 5.91 Å². The summed E-state index contributed by atoms with van der Waals surface area (Å²) >= 11 is 0. The summed E-state index contributed by atoms with van der Waals surface area (Å²) in [5, 5.41) is 10.1. The molecule has 0 aromatic carbocycles. The normalized spacial score (nSPS) is 11.1. The standard InChI is InChI=1S/C10H16N4O/c1-10(2,3)6-12-9(15)7-4-5-8(11)14-13-7/h4-5H,6H2,1-3H3,(H2,11,14)(H,12,15). The van der Waals surface area contributed by atoms with Gasteiger partial charge in [-0.3, -0.25) is 4.79 Å². The molecule has 1 aromatic heterocycles. The quantitative estimate of drug-likeness (QED) is 0.754. The fourth-order valence-electron chi connectivity index (χ4n) is 0.900. The molecule has 0 radical (unpaired) electrons. The molecule has 1 aromatic rings. The third kappa shape index (κ3) is 3.93. The minimum atomic E-state index is -0.225. The van der Waals surface area contributed by atoms with E-state index in [2.05, 4.69) is 15.5 Å². The Hall–Kier alpha value is -1.65. The molecular weight excluding hydrogens is 192 g/mol. The van der Waals surface area contributed by atoms with E-state index < -0.39 is 0 Å². The maximum Gasteiger partial charge on any atom is 0.271 e. The number of hydrogen-bond acceptors (Lipinski definition) is 4. The highest BCUT2D eigenvalue weighted by Crippen LogP contribution is 2.10. The van der Waals surface area contributed by atoms with Gasteiger partial charge in [0.2, 0.25) is 0 Å². The Morgan fingerprint density at radius 3 is 2.53 bits per heavy atom. The van der Waals surface area contributed by atoms with Crippen LogP contribution in [0.3, 0.4) is 0 Å². The minimum Gasteiger partial charge on any atom is -0.382 e. The van der Waals surface area contributed by atoms with E-state index in [1.54, 1.807) is 12.1 Å². The van der Waals surface area contributed by atoms with Crippen LogP contribution in [0.1, 0.15) is 31.3 Å². The van der Waals surface area contributed by atoms with Crippen LogP contribution in [0.4, 0.5) is 5.82 Å². The Balaban J connectivity index is 2.58. The number of nitrogens with two attached hydrogens (primary N) is 1. The van der Waals surface area contributed by atoms with Crippen molar-refractivity contribution in [3.63, 3.8) is 0 Å². The van der Waals surface area contributed by atoms with Crippen molar-refractivity contribution in [1.29, 1.82) is 0 Å². The molecule has 0 saturated heterocycles. The van der Waals surface area contributed by atoms with Gasteiger partial charge in [0.15, 0.2) is 5.69 Å². The lowest BCUT2D eigenvalue weighted by Gasteiger charge is -2.18. The van der Waals surface area contributed by atoms with E-state index in [-0.39, 0.29) is 17.0 Å². The van der Waals surface area contributed by atoms with Crippen molar-refractivity contribution in [3.8, 4) is 0 Å². The summed E-state index contributed by atoms with van der Waals surface area (Å²) in [4.78, 5) is 11.5. The number of carbonyl (C=O) groups is 1. The lowest BCUT2D eigenvalue weighted by atomic mass is 9.97. The van der Waals surface area contributed by atoms with E-state index in [4.69, 9.17) is 5.73 Å². The van der Waals surface area contributed by atoms with Gasteiger partial charge in [0.05, 0.1) is 0 Å². The lowest BCUT2D eigenvalue weighted by molar-refractivity contribution is 0.0933. The number of hydrogen-bond donors (Lipinski definition) is 2. The van der Waals surface area contributed by atoms with Gasteiger partial charge in [-0.25, -0.2) is 0 Å². The highest BCUT2D eigenvalue weighted by atomic mass is 16.1. The van der Waals surface area contributed by atoms with Crippen LogP contribution in [0.25, 0.3) is 0 Å². The van der Waals surface area contributed by atoms with Crippen LogP contribution in [-0.2, 0) is 0 Å². The van der Waals surface area contributed by atoms with Gasteiger partial charge in [0, 0.05) is 6.54 Å². The zero-order valence-electron chi connectivity index (χ0n) is 9.24. The average Bonchev–Trinajstić information content (AvgIpc) is 2.14. The Morgan fingerprint density at radius 1 is 1.40 bits per heavy atom. The molecule has 0 spiro atoms. The molecule has 0 saturated carbocycles. The topological polar surface area (TPSA) is 80.9 Å². The zero-order chi connectivity index (χ0) is 11.5. The Morgan fingerprint density at radius 2 is 2.07 bits per heavy atom. The molecule has 5 heteroatoms. The molecule has 0 atom stereocenters. The number of nitrogens with one attached hydrogen (secondary N) is 1. The Labute approximate surface area is 89.1 Å². The molecule has 0 fully saturated rings. The van der Waals surface area contributed by atoms with Crippen LogP contribution < -0.4 is 11.1 Å². The Bertz CT molecular complexity index is 339. The first-order valence-corrected chi connectivity index (χ1v) is 4.76. The molecular formula is C10H16N4O. The predicted molar refractivity (Wildman–Crippen MR) is 58.2 cm³/mol. The number of amides is 1. The van der Waals surface area contributed by atoms with Crippen molar-refractivity contribution < 1.29 is 4.79 Å². The largest absolute Gasteiger partial charge is 0.382 e. The first kappa shape index (κ1) is 11.4. The van der Waals surface area contributed by atoms with Gasteiger partial charge in [-0.05, 0) is 17.5 Å². The summed E-state index contributed by atoms with van der Waals surface area (Å²) in [7, 11) is 0. The monoisotopic (exact) mass is 208 g/mol. The molecule has 1 amide bonds. The van der Waals surface area contributed by atoms with Crippen molar-refractivity contribution in [2.24, 2.45) is 5.41 Å². The molecule has 0 aliphatic rings. The molecule has 15 heavy (non-hydrogen) atoms. The maximum atomic E-state index is 11.5. The van der Waals surface area contributed by atoms with Crippen LogP contribution in [0, 0.1) is 5.41 Å². The number of anilines is 1. The highest BCUT2D eigenvalue weighted by Gasteiger charge is 2.13. The van der Waals surface area contributed by atoms with Gasteiger partial charge in [0.1, 0.15) is 5.82 Å². The summed E-state index contributed by atoms with van der Waals surface area (Å²) < 4.78 is 0. The first-order valence-electron chi connectivity index (χ1n) is 4.76. The summed E-state index contributed by atoms with van der Waals surface area (Å²) in [5.41, 5.74) is 5.70. The number of nitrogens with zero attached hydrogens (tertiary/aromatic N) is 2. The van der Waals surface area contributed by atoms with E-state index in [0.717, 1.165) is 0 Å². The van der Waals surface area contributed by atoms with Crippen molar-refractivity contribution >= 4 is 11.7 Å². The van der Waals surface area contributed by atoms with E-state index >= 15 is 0 Å². The number of nitrogen functional groups attached to an aromatic ring is 1. The summed E-state index contributed by atoms with van der Waals surface area (Å²) in [6, 6.07) is 3.11. The summed E-state index contributed by atoms with van der Waals surface area (Å²) in [6.45, 7) is 6.73. The van der Waals surface area contributed by atoms with Crippen LogP contribution in [0.2, 0.25) is 0 Å². The third-order valence-electron chi connectivity index (χ3n) is 1.70. The lowest BCUT2D eigenvalue weighted by Crippen LogP contribution is -2.32. The second kappa shape index (κ2) is 4.25. The van der Waals surface area contributed by atoms with Crippen LogP contribution in [0.15, 0.2) is 12.1 Å². The smallest absolute Gasteiger partial charge is 0.271 e. The average molecular weight is 208 g/mol. The number of rotatable bonds is 2. The molecule has 5 nitrogen and oxygen atoms in total. The van der Waals surface area contributed by atoms with E-state index in [0.29, 0.717) is 12.4 Å². The molecule has 0 bridgehead atoms. The SMILES string of the molecule is CC(C)(C)CNC(=O)c1ccc(N)nn1. The van der Waals surface area contributed by atoms with Gasteiger partial charge in [-0.1, -0.05) is 20.8 Å². The predicted octanol–water partition coefficient (Wildman–Crippen LogP) is 0.835. The molecule has 82 valence electrons. The molecule has 0 aliphatic heterocycles. The van der Waals surface area contributed by atoms with Gasteiger partial charge >= 0.3 is 0 Å². The fourth-order valence-corrected chi connectivity index (χ4v) is 0.900. The number of aromatic nitrogens is 2. The molecule has 1 heterocycles. The van der Waals surface area contributed by atoms with Crippen LogP contribution >= 0.6 is 0 Å². The first-order chi connectivity index (χ1) is 6.88. The second-order valence-corrected chi connectivity index (χ2v) is 4.59. The molecule has 1 rings (SSSR count). The van der Waals surface area contributed by atoms with Crippen molar-refractivity contribution in [2.45, 2.75) is 20.8 Å². The van der Waals surface area contributed by atoms with Crippen LogP contribution in [0.5, 0.6) is 0 Å². The molecule has 0 aliphatic carbocycles. The van der Waals surface area contributed by atoms with Gasteiger partial charge in [-0.2, -0.15) is 0 Å². The maximum absolute atomic E-state index is 11.5. The summed E-state index contributed by atoms with van der Waals surface area (Å²) in [6.07, 6.45) is 0. The van der Waals surface area contributed by atoms with Crippen molar-refractivity contribution in [3.05, 3.63) is 17.8 Å². The minimum absolute atomic E-state index is 0.0525. The van der Waals surface area contributed by atoms with Crippen molar-refractivity contribution in [2.75, 3.05) is 12.3 Å². The van der Waals surface area contributed by atoms with Gasteiger partial charge in [-0.15, -0.1) is 10.2 Å². The summed E-state index contributed by atoms with van der Waals surface area (Å²) in [5.74, 6) is 0.0831. The van der Waals surface area contributed by atoms with Crippen molar-refractivity contribution in [1.82, 2.24) is 15.5 Å². The second-order valence-electron chi connectivity index (χ2n) is 4.59. The number of carbonyl (C=O) groups excluding carboxylic acids is 1. The fraction of sp³-hybridized carbons (Fsp3) is 0.500. The molecule has 0 unspecified atom stereocenters. The van der Waals surface area contributed by atoms with E-state index in [9.17, 15) is 4.79 Å². The van der Waals surface area contributed by atoms with E-state index in [1.807, 2.05) is 20.8 Å². The van der Waals surface area contributed by atoms with E-state index in [1.165, 1.54) is 0 Å². The van der Waals surface area contributed by atoms with Gasteiger partial charge < -0.3 is 11.1 Å². The Kier molecular flexibility index (Phi) is 3.24. The zero-order valence-corrected chi connectivity index (χ0v) is 9.24.